The molecule has 0 atom stereocenters. The Bertz CT molecular complexity index is 516. The Hall–Kier alpha value is -1.82. The smallest absolute Gasteiger partial charge is 0.392 e. The van der Waals surface area contributed by atoms with Gasteiger partial charge in [-0.25, -0.2) is 9.78 Å². The fourth-order valence-electron chi connectivity index (χ4n) is 1.05. The Morgan fingerprint density at radius 2 is 2.27 bits per heavy atom. The molecule has 2 heterocycles. The van der Waals surface area contributed by atoms with Gasteiger partial charge in [0.1, 0.15) is 0 Å². The van der Waals surface area contributed by atoms with Crippen LogP contribution in [0.1, 0.15) is 16.4 Å². The summed E-state index contributed by atoms with van der Waals surface area (Å²) in [5, 5.41) is 8.57. The lowest BCUT2D eigenvalue weighted by atomic mass is 10.3. The summed E-state index contributed by atoms with van der Waals surface area (Å²) in [5.74, 6) is -1.42. The predicted octanol–water partition coefficient (Wildman–Crippen LogP) is 1.99. The number of carboxylic acids is 1. The summed E-state index contributed by atoms with van der Waals surface area (Å²) >= 11 is 5.70. The molecule has 0 aliphatic heterocycles. The van der Waals surface area contributed by atoms with Gasteiger partial charge in [0.15, 0.2) is 17.3 Å². The van der Waals surface area contributed by atoms with Gasteiger partial charge >= 0.3 is 11.9 Å². The minimum absolute atomic E-state index is 0.0627. The molecule has 2 rings (SSSR count). The number of oxazole rings is 2. The van der Waals surface area contributed by atoms with Crippen molar-refractivity contribution >= 4 is 17.6 Å². The molecular formula is C8H5ClN2O4. The van der Waals surface area contributed by atoms with Crippen LogP contribution >= 0.6 is 11.6 Å². The molecule has 78 valence electrons. The molecule has 0 spiro atoms. The van der Waals surface area contributed by atoms with Crippen LogP contribution in [0.15, 0.2) is 15.2 Å². The zero-order valence-corrected chi connectivity index (χ0v) is 8.28. The van der Waals surface area contributed by atoms with E-state index < -0.39 is 11.9 Å². The maximum Gasteiger partial charge on any atom is 0.392 e. The van der Waals surface area contributed by atoms with Crippen molar-refractivity contribution < 1.29 is 18.7 Å². The maximum atomic E-state index is 10.6. The molecule has 6 nitrogen and oxygen atoms in total. The van der Waals surface area contributed by atoms with Gasteiger partial charge in [0, 0.05) is 0 Å². The van der Waals surface area contributed by atoms with Crippen LogP contribution in [-0.2, 0) is 0 Å². The van der Waals surface area contributed by atoms with E-state index in [1.165, 1.54) is 6.39 Å². The van der Waals surface area contributed by atoms with Gasteiger partial charge in [-0.1, -0.05) is 11.6 Å². The number of carboxylic acid groups (broad SMARTS) is 1. The van der Waals surface area contributed by atoms with E-state index in [1.807, 2.05) is 0 Å². The summed E-state index contributed by atoms with van der Waals surface area (Å²) < 4.78 is 9.93. The number of nitrogens with zero attached hydrogens (tertiary/aromatic N) is 2. The molecule has 2 aromatic heterocycles. The third-order valence-corrected chi connectivity index (χ3v) is 1.98. The predicted molar refractivity (Wildman–Crippen MR) is 48.7 cm³/mol. The van der Waals surface area contributed by atoms with Crippen LogP contribution in [0.4, 0.5) is 0 Å². The highest BCUT2D eigenvalue weighted by molar-refractivity contribution is 6.31. The average molecular weight is 229 g/mol. The third kappa shape index (κ3) is 1.59. The molecule has 0 amide bonds. The number of rotatable bonds is 2. The fourth-order valence-corrected chi connectivity index (χ4v) is 1.25. The van der Waals surface area contributed by atoms with E-state index in [4.69, 9.17) is 25.5 Å². The molecule has 0 aliphatic carbocycles. The quantitative estimate of drug-likeness (QED) is 0.845. The molecule has 0 unspecified atom stereocenters. The summed E-state index contributed by atoms with van der Waals surface area (Å²) in [7, 11) is 0. The van der Waals surface area contributed by atoms with E-state index in [2.05, 4.69) is 9.97 Å². The van der Waals surface area contributed by atoms with Crippen molar-refractivity contribution in [3.8, 4) is 11.5 Å². The molecular weight excluding hydrogens is 224 g/mol. The normalized spacial score (nSPS) is 10.5. The lowest BCUT2D eigenvalue weighted by Crippen LogP contribution is -1.94. The molecule has 0 aromatic carbocycles. The van der Waals surface area contributed by atoms with Crippen molar-refractivity contribution in [2.24, 2.45) is 0 Å². The second kappa shape index (κ2) is 3.39. The topological polar surface area (TPSA) is 89.4 Å². The highest BCUT2D eigenvalue weighted by Crippen LogP contribution is 2.30. The number of hydrogen-bond donors (Lipinski definition) is 1. The molecule has 0 saturated carbocycles. The Balaban J connectivity index is 2.54. The van der Waals surface area contributed by atoms with Crippen molar-refractivity contribution in [3.05, 3.63) is 23.1 Å². The van der Waals surface area contributed by atoms with Crippen LogP contribution in [0.25, 0.3) is 11.5 Å². The lowest BCUT2D eigenvalue weighted by Gasteiger charge is -1.90. The van der Waals surface area contributed by atoms with Gasteiger partial charge in [-0.3, -0.25) is 0 Å². The minimum atomic E-state index is -1.29. The first kappa shape index (κ1) is 9.72. The van der Waals surface area contributed by atoms with Gasteiger partial charge < -0.3 is 13.9 Å². The number of hydrogen-bond acceptors (Lipinski definition) is 5. The van der Waals surface area contributed by atoms with Crippen molar-refractivity contribution in [1.29, 1.82) is 0 Å². The van der Waals surface area contributed by atoms with Crippen molar-refractivity contribution in [2.45, 2.75) is 6.92 Å². The number of aromatic carboxylic acids is 1. The first-order valence-electron chi connectivity index (χ1n) is 3.89. The largest absolute Gasteiger partial charge is 0.474 e. The third-order valence-electron chi connectivity index (χ3n) is 1.72. The Morgan fingerprint density at radius 1 is 1.53 bits per heavy atom. The number of aryl methyl sites for hydroxylation is 1. The monoisotopic (exact) mass is 228 g/mol. The summed E-state index contributed by atoms with van der Waals surface area (Å²) in [6.07, 6.45) is 1.21. The van der Waals surface area contributed by atoms with E-state index in [1.54, 1.807) is 6.92 Å². The van der Waals surface area contributed by atoms with Crippen LogP contribution in [0.5, 0.6) is 0 Å². The molecule has 7 heteroatoms. The second-order valence-electron chi connectivity index (χ2n) is 2.71. The van der Waals surface area contributed by atoms with Gasteiger partial charge in [0.25, 0.3) is 0 Å². The first-order valence-corrected chi connectivity index (χ1v) is 4.27. The average Bonchev–Trinajstić information content (AvgIpc) is 2.71. The van der Waals surface area contributed by atoms with Gasteiger partial charge in [-0.05, 0) is 6.92 Å². The Morgan fingerprint density at radius 3 is 2.73 bits per heavy atom. The Kier molecular flexibility index (Phi) is 2.20. The van der Waals surface area contributed by atoms with Gasteiger partial charge in [-0.15, -0.1) is 0 Å². The highest BCUT2D eigenvalue weighted by atomic mass is 35.5. The van der Waals surface area contributed by atoms with Crippen molar-refractivity contribution in [2.75, 3.05) is 0 Å². The van der Waals surface area contributed by atoms with E-state index in [9.17, 15) is 4.79 Å². The molecule has 15 heavy (non-hydrogen) atoms. The fraction of sp³-hybridized carbons (Fsp3) is 0.125. The standard InChI is InChI=1S/C8H5ClN2O4/c1-3-4(14-2-10-3)5-6(9)11-7(15-5)8(12)13/h2H,1H3,(H,12,13). The van der Waals surface area contributed by atoms with E-state index >= 15 is 0 Å². The molecule has 0 radical (unpaired) electrons. The van der Waals surface area contributed by atoms with Gasteiger partial charge in [0.2, 0.25) is 5.76 Å². The molecule has 0 fully saturated rings. The maximum absolute atomic E-state index is 10.6. The summed E-state index contributed by atoms with van der Waals surface area (Å²) in [6, 6.07) is 0. The number of aromatic nitrogens is 2. The van der Waals surface area contributed by atoms with Crippen LogP contribution in [0, 0.1) is 6.92 Å². The Labute approximate surface area is 88.5 Å². The van der Waals surface area contributed by atoms with Gasteiger partial charge in [0.05, 0.1) is 5.69 Å². The lowest BCUT2D eigenvalue weighted by molar-refractivity contribution is 0.0654. The summed E-state index contributed by atoms with van der Waals surface area (Å²) in [6.45, 7) is 1.68. The van der Waals surface area contributed by atoms with Gasteiger partial charge in [-0.2, -0.15) is 4.98 Å². The molecule has 2 aromatic rings. The van der Waals surface area contributed by atoms with Crippen LogP contribution in [0.3, 0.4) is 0 Å². The van der Waals surface area contributed by atoms with E-state index in [0.717, 1.165) is 0 Å². The van der Waals surface area contributed by atoms with Crippen molar-refractivity contribution in [1.82, 2.24) is 9.97 Å². The van der Waals surface area contributed by atoms with Crippen LogP contribution in [-0.4, -0.2) is 21.0 Å². The zero-order valence-electron chi connectivity index (χ0n) is 7.52. The summed E-state index contributed by atoms with van der Waals surface area (Å²) in [4.78, 5) is 17.9. The SMILES string of the molecule is Cc1ncoc1-c1oc(C(=O)O)nc1Cl. The molecule has 0 saturated heterocycles. The number of carbonyl (C=O) groups is 1. The van der Waals surface area contributed by atoms with E-state index in [0.29, 0.717) is 5.69 Å². The summed E-state index contributed by atoms with van der Waals surface area (Å²) in [5.41, 5.74) is 0.546. The number of halogens is 1. The first-order chi connectivity index (χ1) is 7.09. The zero-order chi connectivity index (χ0) is 11.0. The van der Waals surface area contributed by atoms with E-state index in [-0.39, 0.29) is 16.7 Å². The van der Waals surface area contributed by atoms with Crippen LogP contribution < -0.4 is 0 Å². The minimum Gasteiger partial charge on any atom is -0.474 e. The second-order valence-corrected chi connectivity index (χ2v) is 3.07. The molecule has 1 N–H and O–H groups in total. The molecule has 0 aliphatic rings. The van der Waals surface area contributed by atoms with Crippen LogP contribution in [0.2, 0.25) is 5.15 Å². The highest BCUT2D eigenvalue weighted by Gasteiger charge is 2.21. The molecule has 0 bridgehead atoms. The van der Waals surface area contributed by atoms with Crippen molar-refractivity contribution in [3.63, 3.8) is 0 Å².